The first kappa shape index (κ1) is 15.0. The molecule has 5 heteroatoms. The van der Waals surface area contributed by atoms with Gasteiger partial charge in [-0.25, -0.2) is 5.43 Å². The largest absolute Gasteiger partial charge is 0.300 e. The monoisotopic (exact) mass is 293 g/mol. The molecule has 0 radical (unpaired) electrons. The van der Waals surface area contributed by atoms with Crippen molar-refractivity contribution in [3.05, 3.63) is 34.9 Å². The van der Waals surface area contributed by atoms with Crippen LogP contribution in [0.3, 0.4) is 0 Å². The molecule has 0 saturated carbocycles. The van der Waals surface area contributed by atoms with Gasteiger partial charge in [0.05, 0.1) is 10.6 Å². The van der Waals surface area contributed by atoms with Crippen LogP contribution in [-0.4, -0.2) is 35.7 Å². The summed E-state index contributed by atoms with van der Waals surface area (Å²) in [6, 6.07) is 7.54. The molecule has 1 saturated heterocycles. The molecule has 1 amide bonds. The fraction of sp³-hybridized carbons (Fsp3) is 0.467. The van der Waals surface area contributed by atoms with E-state index in [9.17, 15) is 4.79 Å². The van der Waals surface area contributed by atoms with Gasteiger partial charge in [0.2, 0.25) is 0 Å². The fourth-order valence-corrected chi connectivity index (χ4v) is 2.47. The second-order valence-electron chi connectivity index (χ2n) is 5.23. The zero-order chi connectivity index (χ0) is 14.5. The minimum Gasteiger partial charge on any atom is -0.300 e. The lowest BCUT2D eigenvalue weighted by molar-refractivity contribution is 0.0954. The molecule has 1 aliphatic heterocycles. The van der Waals surface area contributed by atoms with Crippen LogP contribution in [0, 0.1) is 0 Å². The molecule has 4 nitrogen and oxygen atoms in total. The van der Waals surface area contributed by atoms with E-state index in [1.165, 1.54) is 0 Å². The molecule has 0 unspecified atom stereocenters. The molecular formula is C15H20ClN3O. The van der Waals surface area contributed by atoms with Gasteiger partial charge >= 0.3 is 0 Å². The Hall–Kier alpha value is -1.39. The summed E-state index contributed by atoms with van der Waals surface area (Å²) in [5.41, 5.74) is 4.10. The average Bonchev–Trinajstić information content (AvgIpc) is 2.45. The highest BCUT2D eigenvalue weighted by atomic mass is 35.5. The summed E-state index contributed by atoms with van der Waals surface area (Å²) in [6.07, 6.45) is 1.81. The molecule has 2 rings (SSSR count). The molecule has 0 aromatic heterocycles. The van der Waals surface area contributed by atoms with Gasteiger partial charge in [-0.2, -0.15) is 5.10 Å². The number of carbonyl (C=O) groups is 1. The number of nitrogens with one attached hydrogen (secondary N) is 1. The van der Waals surface area contributed by atoms with Crippen LogP contribution in [0.1, 0.15) is 37.0 Å². The van der Waals surface area contributed by atoms with E-state index in [-0.39, 0.29) is 5.91 Å². The van der Waals surface area contributed by atoms with E-state index in [1.54, 1.807) is 24.3 Å². The van der Waals surface area contributed by atoms with E-state index in [0.29, 0.717) is 16.6 Å². The predicted molar refractivity (Wildman–Crippen MR) is 82.3 cm³/mol. The van der Waals surface area contributed by atoms with Crippen LogP contribution in [0.15, 0.2) is 29.4 Å². The maximum atomic E-state index is 12.0. The number of hydrazone groups is 1. The molecule has 1 heterocycles. The maximum Gasteiger partial charge on any atom is 0.272 e. The molecule has 0 spiro atoms. The number of rotatable bonds is 3. The van der Waals surface area contributed by atoms with Crippen LogP contribution in [-0.2, 0) is 0 Å². The number of benzene rings is 1. The zero-order valence-electron chi connectivity index (χ0n) is 11.9. The predicted octanol–water partition coefficient (Wildman–Crippen LogP) is 2.93. The summed E-state index contributed by atoms with van der Waals surface area (Å²) in [6.45, 7) is 6.39. The van der Waals surface area contributed by atoms with E-state index < -0.39 is 0 Å². The number of amides is 1. The lowest BCUT2D eigenvalue weighted by atomic mass is 10.1. The van der Waals surface area contributed by atoms with Crippen molar-refractivity contribution in [2.24, 2.45) is 5.10 Å². The Morgan fingerprint density at radius 1 is 1.30 bits per heavy atom. The molecule has 1 fully saturated rings. The van der Waals surface area contributed by atoms with Crippen LogP contribution in [0.2, 0.25) is 5.02 Å². The van der Waals surface area contributed by atoms with Crippen LogP contribution < -0.4 is 5.43 Å². The first-order valence-electron chi connectivity index (χ1n) is 6.92. The number of nitrogens with zero attached hydrogens (tertiary/aromatic N) is 2. The van der Waals surface area contributed by atoms with E-state index >= 15 is 0 Å². The molecule has 1 aromatic carbocycles. The van der Waals surface area contributed by atoms with Crippen molar-refractivity contribution < 1.29 is 4.79 Å². The molecule has 1 aliphatic rings. The molecule has 0 atom stereocenters. The van der Waals surface area contributed by atoms with Crippen molar-refractivity contribution in [3.63, 3.8) is 0 Å². The van der Waals surface area contributed by atoms with Gasteiger partial charge in [0.1, 0.15) is 0 Å². The normalized spacial score (nSPS) is 16.3. The third-order valence-corrected chi connectivity index (χ3v) is 3.87. The maximum absolute atomic E-state index is 12.0. The van der Waals surface area contributed by atoms with E-state index in [0.717, 1.165) is 31.6 Å². The van der Waals surface area contributed by atoms with Crippen molar-refractivity contribution >= 4 is 23.2 Å². The van der Waals surface area contributed by atoms with E-state index in [4.69, 9.17) is 11.6 Å². The molecule has 108 valence electrons. The second-order valence-corrected chi connectivity index (χ2v) is 5.64. The Kier molecular flexibility index (Phi) is 5.15. The van der Waals surface area contributed by atoms with Gasteiger partial charge in [0.15, 0.2) is 0 Å². The highest BCUT2D eigenvalue weighted by Crippen LogP contribution is 2.15. The minimum absolute atomic E-state index is 0.255. The molecule has 1 N–H and O–H groups in total. The van der Waals surface area contributed by atoms with E-state index in [2.05, 4.69) is 29.3 Å². The summed E-state index contributed by atoms with van der Waals surface area (Å²) >= 11 is 5.98. The minimum atomic E-state index is -0.255. The van der Waals surface area contributed by atoms with Crippen molar-refractivity contribution in [2.45, 2.75) is 32.7 Å². The second kappa shape index (κ2) is 6.86. The average molecular weight is 294 g/mol. The van der Waals surface area contributed by atoms with Gasteiger partial charge in [-0.1, -0.05) is 23.7 Å². The number of halogens is 1. The molecule has 0 aliphatic carbocycles. The Morgan fingerprint density at radius 3 is 2.55 bits per heavy atom. The summed E-state index contributed by atoms with van der Waals surface area (Å²) in [5.74, 6) is -0.255. The van der Waals surface area contributed by atoms with Crippen LogP contribution >= 0.6 is 11.6 Å². The van der Waals surface area contributed by atoms with Crippen LogP contribution in [0.5, 0.6) is 0 Å². The van der Waals surface area contributed by atoms with Gasteiger partial charge in [0.25, 0.3) is 5.91 Å². The van der Waals surface area contributed by atoms with Crippen LogP contribution in [0.4, 0.5) is 0 Å². The molecule has 20 heavy (non-hydrogen) atoms. The van der Waals surface area contributed by atoms with Gasteiger partial charge in [-0.05, 0) is 26.0 Å². The molecular weight excluding hydrogens is 274 g/mol. The number of hydrogen-bond acceptors (Lipinski definition) is 3. The Bertz CT molecular complexity index is 504. The van der Waals surface area contributed by atoms with Crippen molar-refractivity contribution in [3.8, 4) is 0 Å². The SMILES string of the molecule is CC(C)N1CCC(=NNC(=O)c2ccccc2Cl)CC1. The van der Waals surface area contributed by atoms with Crippen molar-refractivity contribution in [2.75, 3.05) is 13.1 Å². The number of piperidine rings is 1. The number of hydrogen-bond donors (Lipinski definition) is 1. The van der Waals surface area contributed by atoms with Gasteiger partial charge in [-0.3, -0.25) is 4.79 Å². The smallest absolute Gasteiger partial charge is 0.272 e. The fourth-order valence-electron chi connectivity index (χ4n) is 2.25. The summed E-state index contributed by atoms with van der Waals surface area (Å²) in [5, 5.41) is 4.67. The van der Waals surface area contributed by atoms with Gasteiger partial charge in [0, 0.05) is 37.7 Å². The third-order valence-electron chi connectivity index (χ3n) is 3.54. The summed E-state index contributed by atoms with van der Waals surface area (Å²) in [7, 11) is 0. The van der Waals surface area contributed by atoms with Crippen molar-refractivity contribution in [1.29, 1.82) is 0 Å². The van der Waals surface area contributed by atoms with E-state index in [1.807, 2.05) is 0 Å². The Balaban J connectivity index is 1.91. The van der Waals surface area contributed by atoms with Crippen LogP contribution in [0.25, 0.3) is 0 Å². The number of likely N-dealkylation sites (tertiary alicyclic amines) is 1. The first-order valence-corrected chi connectivity index (χ1v) is 7.30. The Labute approximate surface area is 124 Å². The number of carbonyl (C=O) groups excluding carboxylic acids is 1. The van der Waals surface area contributed by atoms with Gasteiger partial charge < -0.3 is 4.90 Å². The Morgan fingerprint density at radius 2 is 1.95 bits per heavy atom. The van der Waals surface area contributed by atoms with Gasteiger partial charge in [-0.15, -0.1) is 0 Å². The lowest BCUT2D eigenvalue weighted by Gasteiger charge is -2.30. The zero-order valence-corrected chi connectivity index (χ0v) is 12.7. The lowest BCUT2D eigenvalue weighted by Crippen LogP contribution is -2.39. The molecule has 1 aromatic rings. The highest BCUT2D eigenvalue weighted by molar-refractivity contribution is 6.33. The summed E-state index contributed by atoms with van der Waals surface area (Å²) in [4.78, 5) is 14.4. The summed E-state index contributed by atoms with van der Waals surface area (Å²) < 4.78 is 0. The highest BCUT2D eigenvalue weighted by Gasteiger charge is 2.17. The standard InChI is InChI=1S/C15H20ClN3O/c1-11(2)19-9-7-12(8-10-19)17-18-15(20)13-5-3-4-6-14(13)16/h3-6,11H,7-10H2,1-2H3,(H,18,20). The first-order chi connectivity index (χ1) is 9.58. The third kappa shape index (κ3) is 3.81. The topological polar surface area (TPSA) is 44.7 Å². The molecule has 0 bridgehead atoms. The quantitative estimate of drug-likeness (QED) is 0.871. The van der Waals surface area contributed by atoms with Crippen molar-refractivity contribution in [1.82, 2.24) is 10.3 Å².